The molecule has 1 fully saturated rings. The van der Waals surface area contributed by atoms with Crippen LogP contribution < -0.4 is 5.32 Å². The Morgan fingerprint density at radius 1 is 1.52 bits per heavy atom. The van der Waals surface area contributed by atoms with Gasteiger partial charge in [0.1, 0.15) is 11.9 Å². The number of tetrazole rings is 1. The second-order valence-electron chi connectivity index (χ2n) is 5.81. The van der Waals surface area contributed by atoms with E-state index in [-0.39, 0.29) is 11.3 Å². The number of nitrogens with zero attached hydrogens (tertiary/aromatic N) is 6. The molecule has 0 spiro atoms. The van der Waals surface area contributed by atoms with Gasteiger partial charge in [0.2, 0.25) is 0 Å². The van der Waals surface area contributed by atoms with Crippen LogP contribution in [0.1, 0.15) is 23.2 Å². The van der Waals surface area contributed by atoms with Gasteiger partial charge in [-0.05, 0) is 37.4 Å². The number of aromatic amines is 1. The molecule has 0 aromatic carbocycles. The van der Waals surface area contributed by atoms with Crippen molar-refractivity contribution in [1.82, 2.24) is 40.6 Å². The van der Waals surface area contributed by atoms with E-state index in [2.05, 4.69) is 35.9 Å². The van der Waals surface area contributed by atoms with E-state index in [0.717, 1.165) is 19.4 Å². The standard InChI is InChI=1S/C12H18N8O/c1-19(2)7-12(3-4-12)6-13-11(21)9-5-14-16-10(9)20-8-15-17-18-20/h5,8H,3-4,6-7H2,1-2H3,(H,13,21)(H,14,16). The van der Waals surface area contributed by atoms with Crippen LogP contribution in [0.5, 0.6) is 0 Å². The summed E-state index contributed by atoms with van der Waals surface area (Å²) in [6.07, 6.45) is 5.20. The van der Waals surface area contributed by atoms with Crippen LogP contribution in [0.3, 0.4) is 0 Å². The molecule has 0 radical (unpaired) electrons. The number of H-pyrrole nitrogens is 1. The van der Waals surface area contributed by atoms with Crippen LogP contribution in [-0.2, 0) is 0 Å². The number of hydrogen-bond donors (Lipinski definition) is 2. The summed E-state index contributed by atoms with van der Waals surface area (Å²) >= 11 is 0. The molecule has 9 nitrogen and oxygen atoms in total. The predicted octanol–water partition coefficient (Wildman–Crippen LogP) is -0.543. The minimum absolute atomic E-state index is 0.167. The largest absolute Gasteiger partial charge is 0.351 e. The fourth-order valence-electron chi connectivity index (χ4n) is 2.49. The monoisotopic (exact) mass is 290 g/mol. The highest BCUT2D eigenvalue weighted by Gasteiger charge is 2.43. The molecule has 0 unspecified atom stereocenters. The molecule has 21 heavy (non-hydrogen) atoms. The molecular formula is C12H18N8O. The maximum absolute atomic E-state index is 12.3. The lowest BCUT2D eigenvalue weighted by Gasteiger charge is -2.20. The SMILES string of the molecule is CN(C)CC1(CNC(=O)c2cn[nH]c2-n2cnnn2)CC1. The van der Waals surface area contributed by atoms with Gasteiger partial charge in [0, 0.05) is 18.5 Å². The second kappa shape index (κ2) is 5.24. The number of hydrogen-bond acceptors (Lipinski definition) is 6. The van der Waals surface area contributed by atoms with Gasteiger partial charge < -0.3 is 10.2 Å². The summed E-state index contributed by atoms with van der Waals surface area (Å²) in [5.41, 5.74) is 0.653. The van der Waals surface area contributed by atoms with E-state index >= 15 is 0 Å². The van der Waals surface area contributed by atoms with Crippen LogP contribution in [0.2, 0.25) is 0 Å². The highest BCUT2D eigenvalue weighted by Crippen LogP contribution is 2.45. The highest BCUT2D eigenvalue weighted by atomic mass is 16.1. The Morgan fingerprint density at radius 3 is 2.95 bits per heavy atom. The highest BCUT2D eigenvalue weighted by molar-refractivity contribution is 5.96. The van der Waals surface area contributed by atoms with E-state index in [1.54, 1.807) is 0 Å². The van der Waals surface area contributed by atoms with Gasteiger partial charge in [0.15, 0.2) is 5.82 Å². The number of carbonyl (C=O) groups excluding carboxylic acids is 1. The second-order valence-corrected chi connectivity index (χ2v) is 5.81. The predicted molar refractivity (Wildman–Crippen MR) is 73.9 cm³/mol. The molecule has 0 atom stereocenters. The Balaban J connectivity index is 1.66. The Bertz CT molecular complexity index is 613. The Hall–Kier alpha value is -2.29. The third-order valence-electron chi connectivity index (χ3n) is 3.67. The van der Waals surface area contributed by atoms with E-state index in [1.807, 2.05) is 14.1 Å². The van der Waals surface area contributed by atoms with Gasteiger partial charge in [-0.15, -0.1) is 5.10 Å². The average Bonchev–Trinajstić information content (AvgIpc) is 2.88. The van der Waals surface area contributed by atoms with Crippen molar-refractivity contribution in [3.05, 3.63) is 18.1 Å². The average molecular weight is 290 g/mol. The van der Waals surface area contributed by atoms with Gasteiger partial charge >= 0.3 is 0 Å². The lowest BCUT2D eigenvalue weighted by molar-refractivity contribution is 0.0941. The summed E-state index contributed by atoms with van der Waals surface area (Å²) in [6, 6.07) is 0. The quantitative estimate of drug-likeness (QED) is 0.740. The molecule has 0 bridgehead atoms. The molecule has 0 saturated heterocycles. The van der Waals surface area contributed by atoms with Crippen molar-refractivity contribution in [2.75, 3.05) is 27.2 Å². The van der Waals surface area contributed by atoms with Gasteiger partial charge in [-0.1, -0.05) is 0 Å². The topological polar surface area (TPSA) is 105 Å². The van der Waals surface area contributed by atoms with Crippen LogP contribution in [0.4, 0.5) is 0 Å². The smallest absolute Gasteiger partial charge is 0.256 e. The molecule has 1 aliphatic rings. The fourth-order valence-corrected chi connectivity index (χ4v) is 2.49. The molecule has 112 valence electrons. The molecule has 2 aromatic heterocycles. The van der Waals surface area contributed by atoms with E-state index in [1.165, 1.54) is 17.2 Å². The van der Waals surface area contributed by atoms with Crippen LogP contribution in [0, 0.1) is 5.41 Å². The van der Waals surface area contributed by atoms with Gasteiger partial charge in [-0.3, -0.25) is 9.89 Å². The number of carbonyl (C=O) groups is 1. The summed E-state index contributed by atoms with van der Waals surface area (Å²) < 4.78 is 1.38. The lowest BCUT2D eigenvalue weighted by atomic mass is 10.1. The van der Waals surface area contributed by atoms with Crippen molar-refractivity contribution in [3.63, 3.8) is 0 Å². The molecule has 3 rings (SSSR count). The van der Waals surface area contributed by atoms with Crippen molar-refractivity contribution < 1.29 is 4.79 Å². The Labute approximate surface area is 121 Å². The normalized spacial score (nSPS) is 16.1. The molecule has 1 amide bonds. The number of rotatable bonds is 6. The zero-order valence-corrected chi connectivity index (χ0v) is 12.1. The Kier molecular flexibility index (Phi) is 3.42. The van der Waals surface area contributed by atoms with Crippen LogP contribution in [0.25, 0.3) is 5.82 Å². The lowest BCUT2D eigenvalue weighted by Crippen LogP contribution is -2.35. The first-order chi connectivity index (χ1) is 10.1. The summed E-state index contributed by atoms with van der Waals surface area (Å²) in [6.45, 7) is 1.66. The molecule has 1 aliphatic carbocycles. The first-order valence-electron chi connectivity index (χ1n) is 6.79. The molecule has 2 heterocycles. The van der Waals surface area contributed by atoms with E-state index < -0.39 is 0 Å². The van der Waals surface area contributed by atoms with Crippen LogP contribution in [0.15, 0.2) is 12.5 Å². The van der Waals surface area contributed by atoms with Crippen molar-refractivity contribution in [2.45, 2.75) is 12.8 Å². The van der Waals surface area contributed by atoms with Gasteiger partial charge in [0.25, 0.3) is 5.91 Å². The molecule has 0 aliphatic heterocycles. The maximum atomic E-state index is 12.3. The number of amides is 1. The Morgan fingerprint density at radius 2 is 2.33 bits per heavy atom. The van der Waals surface area contributed by atoms with Crippen LogP contribution >= 0.6 is 0 Å². The van der Waals surface area contributed by atoms with Crippen molar-refractivity contribution in [1.29, 1.82) is 0 Å². The van der Waals surface area contributed by atoms with E-state index in [9.17, 15) is 4.79 Å². The van der Waals surface area contributed by atoms with Crippen LogP contribution in [-0.4, -0.2) is 68.4 Å². The molecular weight excluding hydrogens is 272 g/mol. The molecule has 2 aromatic rings. The number of aromatic nitrogens is 6. The van der Waals surface area contributed by atoms with Gasteiger partial charge in [-0.2, -0.15) is 9.78 Å². The zero-order valence-electron chi connectivity index (χ0n) is 12.1. The van der Waals surface area contributed by atoms with E-state index in [0.29, 0.717) is 17.9 Å². The summed E-state index contributed by atoms with van der Waals surface area (Å²) in [5.74, 6) is 0.300. The fraction of sp³-hybridized carbons (Fsp3) is 0.583. The summed E-state index contributed by atoms with van der Waals surface area (Å²) in [4.78, 5) is 14.5. The van der Waals surface area contributed by atoms with E-state index in [4.69, 9.17) is 0 Å². The van der Waals surface area contributed by atoms with Gasteiger partial charge in [0.05, 0.1) is 6.20 Å². The molecule has 2 N–H and O–H groups in total. The van der Waals surface area contributed by atoms with Crippen molar-refractivity contribution in [2.24, 2.45) is 5.41 Å². The summed E-state index contributed by atoms with van der Waals surface area (Å²) in [7, 11) is 4.10. The summed E-state index contributed by atoms with van der Waals surface area (Å²) in [5, 5.41) is 20.5. The third kappa shape index (κ3) is 2.92. The van der Waals surface area contributed by atoms with Crippen molar-refractivity contribution in [3.8, 4) is 5.82 Å². The maximum Gasteiger partial charge on any atom is 0.256 e. The number of nitrogens with one attached hydrogen (secondary N) is 2. The minimum atomic E-state index is -0.167. The molecule has 9 heteroatoms. The first kappa shape index (κ1) is 13.7. The first-order valence-corrected chi connectivity index (χ1v) is 6.79. The zero-order chi connectivity index (χ0) is 14.9. The third-order valence-corrected chi connectivity index (χ3v) is 3.67. The van der Waals surface area contributed by atoms with Gasteiger partial charge in [-0.25, -0.2) is 0 Å². The minimum Gasteiger partial charge on any atom is -0.351 e. The van der Waals surface area contributed by atoms with Crippen molar-refractivity contribution >= 4 is 5.91 Å². The molecule has 1 saturated carbocycles.